The topological polar surface area (TPSA) is 80.2 Å². The molecule has 0 spiro atoms. The Balaban J connectivity index is 1.21. The first-order valence-electron chi connectivity index (χ1n) is 11.1. The van der Waals surface area contributed by atoms with Gasteiger partial charge in [0.25, 0.3) is 11.8 Å². The quantitative estimate of drug-likeness (QED) is 0.306. The molecule has 0 saturated carbocycles. The van der Waals surface area contributed by atoms with Crippen LogP contribution >= 0.6 is 0 Å². The summed E-state index contributed by atoms with van der Waals surface area (Å²) in [5.74, 6) is 0.588. The number of ether oxygens (including phenoxy) is 2. The van der Waals surface area contributed by atoms with E-state index in [1.807, 2.05) is 66.7 Å². The largest absolute Gasteiger partial charge is 0.493 e. The minimum Gasteiger partial charge on any atom is -0.493 e. The third-order valence-electron chi connectivity index (χ3n) is 5.78. The first-order valence-corrected chi connectivity index (χ1v) is 11.1. The van der Waals surface area contributed by atoms with Crippen molar-refractivity contribution in [1.29, 1.82) is 0 Å². The van der Waals surface area contributed by atoms with Gasteiger partial charge in [0.15, 0.2) is 11.5 Å². The number of hydrazone groups is 1. The van der Waals surface area contributed by atoms with Gasteiger partial charge in [0.1, 0.15) is 13.2 Å². The Morgan fingerprint density at radius 2 is 1.77 bits per heavy atom. The van der Waals surface area contributed by atoms with Crippen LogP contribution < -0.4 is 19.8 Å². The number of carbonyl (C=O) groups excluding carboxylic acids is 2. The van der Waals surface area contributed by atoms with E-state index in [1.54, 1.807) is 25.3 Å². The van der Waals surface area contributed by atoms with Gasteiger partial charge in [0.2, 0.25) is 0 Å². The van der Waals surface area contributed by atoms with Crippen LogP contribution in [-0.2, 0) is 11.4 Å². The van der Waals surface area contributed by atoms with Gasteiger partial charge in [-0.05, 0) is 46.8 Å². The van der Waals surface area contributed by atoms with Crippen LogP contribution in [0.5, 0.6) is 11.5 Å². The van der Waals surface area contributed by atoms with Gasteiger partial charge in [-0.1, -0.05) is 54.6 Å². The van der Waals surface area contributed by atoms with Gasteiger partial charge in [0.05, 0.1) is 19.0 Å². The van der Waals surface area contributed by atoms with Gasteiger partial charge in [-0.15, -0.1) is 0 Å². The average Bonchev–Trinajstić information content (AvgIpc) is 3.16. The lowest BCUT2D eigenvalue weighted by atomic mass is 10.1. The highest BCUT2D eigenvalue weighted by atomic mass is 16.5. The van der Waals surface area contributed by atoms with Gasteiger partial charge >= 0.3 is 0 Å². The predicted octanol–water partition coefficient (Wildman–Crippen LogP) is 4.54. The van der Waals surface area contributed by atoms with E-state index in [0.717, 1.165) is 27.6 Å². The number of hydrogen-bond acceptors (Lipinski definition) is 5. The summed E-state index contributed by atoms with van der Waals surface area (Å²) in [4.78, 5) is 26.9. The first-order chi connectivity index (χ1) is 17.1. The zero-order chi connectivity index (χ0) is 24.2. The van der Waals surface area contributed by atoms with E-state index < -0.39 is 5.91 Å². The number of nitrogens with one attached hydrogen (secondary N) is 1. The van der Waals surface area contributed by atoms with Gasteiger partial charge < -0.3 is 9.47 Å². The molecule has 4 aromatic carbocycles. The number of rotatable bonds is 8. The van der Waals surface area contributed by atoms with Crippen molar-refractivity contribution in [2.24, 2.45) is 5.10 Å². The summed E-state index contributed by atoms with van der Waals surface area (Å²) in [5.41, 5.74) is 5.62. The van der Waals surface area contributed by atoms with Crippen molar-refractivity contribution >= 4 is 34.5 Å². The first kappa shape index (κ1) is 22.2. The second-order valence-corrected chi connectivity index (χ2v) is 8.05. The van der Waals surface area contributed by atoms with E-state index in [-0.39, 0.29) is 12.5 Å². The zero-order valence-electron chi connectivity index (χ0n) is 19.1. The highest BCUT2D eigenvalue weighted by molar-refractivity contribution is 6.26. The molecule has 7 heteroatoms. The lowest BCUT2D eigenvalue weighted by molar-refractivity contribution is -0.119. The third-order valence-corrected chi connectivity index (χ3v) is 5.78. The Labute approximate surface area is 202 Å². The molecule has 35 heavy (non-hydrogen) atoms. The Morgan fingerprint density at radius 1 is 0.971 bits per heavy atom. The van der Waals surface area contributed by atoms with Crippen molar-refractivity contribution in [1.82, 2.24) is 5.43 Å². The van der Waals surface area contributed by atoms with Crippen LogP contribution in [0.4, 0.5) is 5.69 Å². The normalized spacial score (nSPS) is 12.4. The minimum absolute atomic E-state index is 0.125. The summed E-state index contributed by atoms with van der Waals surface area (Å²) in [5, 5.41) is 5.89. The summed E-state index contributed by atoms with van der Waals surface area (Å²) in [6, 6.07) is 26.5. The second kappa shape index (κ2) is 9.69. The smallest absolute Gasteiger partial charge is 0.260 e. The highest BCUT2D eigenvalue weighted by Gasteiger charge is 2.30. The van der Waals surface area contributed by atoms with Crippen LogP contribution in [0.1, 0.15) is 21.5 Å². The van der Waals surface area contributed by atoms with E-state index >= 15 is 0 Å². The van der Waals surface area contributed by atoms with Crippen molar-refractivity contribution in [2.45, 2.75) is 6.61 Å². The van der Waals surface area contributed by atoms with Crippen molar-refractivity contribution in [3.63, 3.8) is 0 Å². The lowest BCUT2D eigenvalue weighted by Crippen LogP contribution is -2.37. The Hall–Kier alpha value is -4.65. The molecule has 0 bridgehead atoms. The molecule has 174 valence electrons. The van der Waals surface area contributed by atoms with E-state index in [4.69, 9.17) is 9.47 Å². The van der Waals surface area contributed by atoms with Crippen LogP contribution in [0.2, 0.25) is 0 Å². The van der Waals surface area contributed by atoms with E-state index in [1.165, 1.54) is 11.1 Å². The molecule has 1 N–H and O–H groups in total. The van der Waals surface area contributed by atoms with E-state index in [9.17, 15) is 9.59 Å². The van der Waals surface area contributed by atoms with Gasteiger partial charge in [-0.3, -0.25) is 14.5 Å². The number of hydrogen-bond donors (Lipinski definition) is 1. The number of benzene rings is 4. The maximum atomic E-state index is 12.8. The summed E-state index contributed by atoms with van der Waals surface area (Å²) >= 11 is 0. The summed E-state index contributed by atoms with van der Waals surface area (Å²) in [7, 11) is 1.57. The fourth-order valence-electron chi connectivity index (χ4n) is 4.11. The maximum Gasteiger partial charge on any atom is 0.260 e. The molecule has 0 radical (unpaired) electrons. The molecule has 1 aliphatic rings. The van der Waals surface area contributed by atoms with E-state index in [0.29, 0.717) is 23.7 Å². The number of amides is 2. The van der Waals surface area contributed by atoms with Crippen LogP contribution in [0.3, 0.4) is 0 Å². The van der Waals surface area contributed by atoms with Crippen molar-refractivity contribution < 1.29 is 19.1 Å². The fraction of sp³-hybridized carbons (Fsp3) is 0.107. The Bertz CT molecular complexity index is 1430. The average molecular weight is 466 g/mol. The van der Waals surface area contributed by atoms with Crippen molar-refractivity contribution in [3.8, 4) is 11.5 Å². The van der Waals surface area contributed by atoms with Crippen LogP contribution in [0.25, 0.3) is 10.8 Å². The molecule has 5 rings (SSSR count). The standard InChI is InChI=1S/C28H23N3O4/c1-34-25-15-20(13-14-24(25)35-18-19-7-3-2-4-8-19)16-29-30-26(32)17-31-23-12-6-10-21-9-5-11-22(27(21)23)28(31)33/h2-16H,17-18H2,1H3,(H,30,32)/b29-16-. The summed E-state index contributed by atoms with van der Waals surface area (Å²) in [6.07, 6.45) is 1.52. The Morgan fingerprint density at radius 3 is 2.57 bits per heavy atom. The van der Waals surface area contributed by atoms with Crippen LogP contribution in [0.15, 0.2) is 90.0 Å². The van der Waals surface area contributed by atoms with Crippen LogP contribution in [-0.4, -0.2) is 31.7 Å². The van der Waals surface area contributed by atoms with Gasteiger partial charge in [-0.2, -0.15) is 5.10 Å². The molecular weight excluding hydrogens is 442 g/mol. The number of nitrogens with zero attached hydrogens (tertiary/aromatic N) is 2. The molecule has 1 heterocycles. The molecule has 0 aromatic heterocycles. The maximum absolute atomic E-state index is 12.8. The molecule has 0 aliphatic carbocycles. The van der Waals surface area contributed by atoms with Gasteiger partial charge in [-0.25, -0.2) is 5.43 Å². The van der Waals surface area contributed by atoms with Gasteiger partial charge in [0, 0.05) is 10.9 Å². The lowest BCUT2D eigenvalue weighted by Gasteiger charge is -2.16. The molecule has 0 saturated heterocycles. The zero-order valence-corrected chi connectivity index (χ0v) is 19.1. The monoisotopic (exact) mass is 465 g/mol. The molecule has 2 amide bonds. The number of methoxy groups -OCH3 is 1. The minimum atomic E-state index is -0.394. The molecule has 1 aliphatic heterocycles. The predicted molar refractivity (Wildman–Crippen MR) is 135 cm³/mol. The SMILES string of the molecule is COc1cc(/C=N\NC(=O)CN2C(=O)c3cccc4cccc2c34)ccc1OCc1ccccc1. The molecule has 0 atom stereocenters. The summed E-state index contributed by atoms with van der Waals surface area (Å²) < 4.78 is 11.3. The van der Waals surface area contributed by atoms with Crippen LogP contribution in [0, 0.1) is 0 Å². The Kier molecular flexibility index (Phi) is 6.13. The number of anilines is 1. The number of carbonyl (C=O) groups is 2. The fourth-order valence-corrected chi connectivity index (χ4v) is 4.11. The second-order valence-electron chi connectivity index (χ2n) is 8.05. The molecule has 0 fully saturated rings. The molecule has 4 aromatic rings. The van der Waals surface area contributed by atoms with Crippen molar-refractivity contribution in [2.75, 3.05) is 18.6 Å². The summed E-state index contributed by atoms with van der Waals surface area (Å²) in [6.45, 7) is 0.299. The molecular formula is C28H23N3O4. The van der Waals surface area contributed by atoms with Crippen molar-refractivity contribution in [3.05, 3.63) is 102 Å². The molecule has 7 nitrogen and oxygen atoms in total. The molecule has 0 unspecified atom stereocenters. The third kappa shape index (κ3) is 4.56. The highest BCUT2D eigenvalue weighted by Crippen LogP contribution is 2.36. The van der Waals surface area contributed by atoms with E-state index in [2.05, 4.69) is 10.5 Å².